The summed E-state index contributed by atoms with van der Waals surface area (Å²) in [6.45, 7) is 2.01. The minimum absolute atomic E-state index is 0.273. The van der Waals surface area contributed by atoms with Crippen LogP contribution in [-0.2, 0) is 5.75 Å². The number of nitrogens with two attached hydrogens (primary N) is 1. The first-order valence-corrected chi connectivity index (χ1v) is 6.90. The summed E-state index contributed by atoms with van der Waals surface area (Å²) >= 11 is 1.53. The van der Waals surface area contributed by atoms with E-state index in [0.717, 1.165) is 16.1 Å². The lowest BCUT2D eigenvalue weighted by atomic mass is 10.2. The van der Waals surface area contributed by atoms with Gasteiger partial charge in [0.15, 0.2) is 11.6 Å². The van der Waals surface area contributed by atoms with E-state index in [4.69, 9.17) is 10.5 Å². The molecule has 0 aliphatic carbocycles. The molecule has 0 atom stereocenters. The van der Waals surface area contributed by atoms with Crippen molar-refractivity contribution in [2.75, 3.05) is 12.8 Å². The minimum atomic E-state index is -0.302. The Morgan fingerprint density at radius 2 is 2.05 bits per heavy atom. The van der Waals surface area contributed by atoms with E-state index in [1.54, 1.807) is 18.2 Å². The molecule has 2 aromatic rings. The zero-order valence-electron chi connectivity index (χ0n) is 10.9. The lowest BCUT2D eigenvalue weighted by molar-refractivity contribution is 0.385. The van der Waals surface area contributed by atoms with E-state index < -0.39 is 0 Å². The molecular weight excluding hydrogens is 261 g/mol. The number of thioether (sulfide) groups is 1. The number of benzene rings is 2. The second-order valence-electron chi connectivity index (χ2n) is 4.26. The fourth-order valence-electron chi connectivity index (χ4n) is 1.75. The number of hydrogen-bond acceptors (Lipinski definition) is 3. The van der Waals surface area contributed by atoms with Crippen molar-refractivity contribution < 1.29 is 9.13 Å². The van der Waals surface area contributed by atoms with E-state index in [1.807, 2.05) is 25.1 Å². The van der Waals surface area contributed by atoms with Gasteiger partial charge in [0.05, 0.1) is 7.11 Å². The Morgan fingerprint density at radius 1 is 1.26 bits per heavy atom. The van der Waals surface area contributed by atoms with Gasteiger partial charge in [-0.3, -0.25) is 0 Å². The molecule has 19 heavy (non-hydrogen) atoms. The second-order valence-corrected chi connectivity index (χ2v) is 5.28. The number of anilines is 1. The number of rotatable bonds is 4. The summed E-state index contributed by atoms with van der Waals surface area (Å²) in [6, 6.07) is 11.0. The van der Waals surface area contributed by atoms with Crippen molar-refractivity contribution in [2.45, 2.75) is 17.6 Å². The van der Waals surface area contributed by atoms with Crippen molar-refractivity contribution in [2.24, 2.45) is 0 Å². The Bertz CT molecular complexity index is 586. The molecule has 0 fully saturated rings. The van der Waals surface area contributed by atoms with Crippen LogP contribution < -0.4 is 10.5 Å². The summed E-state index contributed by atoms with van der Waals surface area (Å²) in [7, 11) is 1.47. The van der Waals surface area contributed by atoms with Crippen LogP contribution in [0.4, 0.5) is 10.1 Å². The van der Waals surface area contributed by atoms with Crippen LogP contribution >= 0.6 is 11.8 Å². The van der Waals surface area contributed by atoms with E-state index >= 15 is 0 Å². The van der Waals surface area contributed by atoms with E-state index in [0.29, 0.717) is 11.3 Å². The maximum Gasteiger partial charge on any atom is 0.169 e. The maximum absolute atomic E-state index is 14.0. The van der Waals surface area contributed by atoms with Crippen LogP contribution in [0.2, 0.25) is 0 Å². The van der Waals surface area contributed by atoms with Gasteiger partial charge in [-0.25, -0.2) is 4.39 Å². The van der Waals surface area contributed by atoms with Gasteiger partial charge in [0, 0.05) is 21.9 Å². The summed E-state index contributed by atoms with van der Waals surface area (Å²) in [6.07, 6.45) is 0. The van der Waals surface area contributed by atoms with Crippen molar-refractivity contribution in [3.8, 4) is 5.75 Å². The monoisotopic (exact) mass is 277 g/mol. The molecule has 0 saturated carbocycles. The molecule has 0 bridgehead atoms. The van der Waals surface area contributed by atoms with Crippen LogP contribution in [0.25, 0.3) is 0 Å². The smallest absolute Gasteiger partial charge is 0.169 e. The van der Waals surface area contributed by atoms with E-state index in [-0.39, 0.29) is 11.6 Å². The average molecular weight is 277 g/mol. The van der Waals surface area contributed by atoms with Crippen molar-refractivity contribution in [3.63, 3.8) is 0 Å². The molecule has 0 radical (unpaired) electrons. The Kier molecular flexibility index (Phi) is 4.32. The van der Waals surface area contributed by atoms with Gasteiger partial charge in [-0.15, -0.1) is 11.8 Å². The molecule has 2 aromatic carbocycles. The van der Waals surface area contributed by atoms with Gasteiger partial charge in [0.2, 0.25) is 0 Å². The highest BCUT2D eigenvalue weighted by atomic mass is 32.2. The van der Waals surface area contributed by atoms with Gasteiger partial charge in [0.1, 0.15) is 0 Å². The van der Waals surface area contributed by atoms with Crippen molar-refractivity contribution in [3.05, 3.63) is 53.3 Å². The van der Waals surface area contributed by atoms with Crippen LogP contribution in [0.3, 0.4) is 0 Å². The number of methoxy groups -OCH3 is 1. The van der Waals surface area contributed by atoms with Crippen molar-refractivity contribution in [1.82, 2.24) is 0 Å². The number of ether oxygens (including phenoxy) is 1. The van der Waals surface area contributed by atoms with Crippen LogP contribution in [0.15, 0.2) is 41.3 Å². The first kappa shape index (κ1) is 13.7. The zero-order chi connectivity index (χ0) is 13.8. The number of halogens is 1. The van der Waals surface area contributed by atoms with E-state index in [1.165, 1.54) is 18.9 Å². The van der Waals surface area contributed by atoms with Gasteiger partial charge < -0.3 is 10.5 Å². The largest absolute Gasteiger partial charge is 0.494 e. The second kappa shape index (κ2) is 5.97. The standard InChI is InChI=1S/C15H16FNOS/c1-10-6-7-12(17)14(8-10)19-9-11-4-3-5-13(18-2)15(11)16/h3-8H,9,17H2,1-2H3. The Labute approximate surface area is 116 Å². The highest BCUT2D eigenvalue weighted by molar-refractivity contribution is 7.98. The third kappa shape index (κ3) is 3.20. The molecule has 2 rings (SSSR count). The first-order valence-electron chi connectivity index (χ1n) is 5.92. The predicted octanol–water partition coefficient (Wildman–Crippen LogP) is 4.02. The molecule has 0 spiro atoms. The van der Waals surface area contributed by atoms with Gasteiger partial charge in [-0.2, -0.15) is 0 Å². The lowest BCUT2D eigenvalue weighted by Gasteiger charge is -2.09. The van der Waals surface area contributed by atoms with Crippen molar-refractivity contribution in [1.29, 1.82) is 0 Å². The fourth-order valence-corrected chi connectivity index (χ4v) is 2.79. The van der Waals surface area contributed by atoms with Crippen molar-refractivity contribution >= 4 is 17.4 Å². The number of aryl methyl sites for hydroxylation is 1. The molecule has 2 N–H and O–H groups in total. The summed E-state index contributed by atoms with van der Waals surface area (Å²) in [5.41, 5.74) is 8.39. The Morgan fingerprint density at radius 3 is 2.79 bits per heavy atom. The van der Waals surface area contributed by atoms with Crippen LogP contribution in [0.1, 0.15) is 11.1 Å². The van der Waals surface area contributed by atoms with Crippen LogP contribution in [0, 0.1) is 12.7 Å². The predicted molar refractivity (Wildman–Crippen MR) is 78.1 cm³/mol. The molecule has 4 heteroatoms. The average Bonchev–Trinajstić information content (AvgIpc) is 2.41. The van der Waals surface area contributed by atoms with Gasteiger partial charge in [-0.1, -0.05) is 18.2 Å². The number of hydrogen-bond donors (Lipinski definition) is 1. The third-order valence-electron chi connectivity index (χ3n) is 2.82. The third-order valence-corrected chi connectivity index (χ3v) is 3.94. The normalized spacial score (nSPS) is 10.5. The lowest BCUT2D eigenvalue weighted by Crippen LogP contribution is -1.94. The maximum atomic E-state index is 14.0. The fraction of sp³-hybridized carbons (Fsp3) is 0.200. The van der Waals surface area contributed by atoms with E-state index in [2.05, 4.69) is 0 Å². The molecule has 0 aliphatic heterocycles. The minimum Gasteiger partial charge on any atom is -0.494 e. The molecule has 2 nitrogen and oxygen atoms in total. The summed E-state index contributed by atoms with van der Waals surface area (Å²) < 4.78 is 19.0. The van der Waals surface area contributed by atoms with Crippen LogP contribution in [-0.4, -0.2) is 7.11 Å². The molecular formula is C15H16FNOS. The zero-order valence-corrected chi connectivity index (χ0v) is 11.8. The van der Waals surface area contributed by atoms with E-state index in [9.17, 15) is 4.39 Å². The highest BCUT2D eigenvalue weighted by Gasteiger charge is 2.09. The summed E-state index contributed by atoms with van der Waals surface area (Å²) in [5.74, 6) is 0.496. The number of nitrogen functional groups attached to an aromatic ring is 1. The van der Waals surface area contributed by atoms with Gasteiger partial charge in [-0.05, 0) is 30.7 Å². The molecule has 0 aliphatic rings. The molecule has 0 heterocycles. The molecule has 0 saturated heterocycles. The molecule has 0 amide bonds. The Hall–Kier alpha value is -1.68. The van der Waals surface area contributed by atoms with Gasteiger partial charge >= 0.3 is 0 Å². The molecule has 0 unspecified atom stereocenters. The summed E-state index contributed by atoms with van der Waals surface area (Å²) in [4.78, 5) is 0.974. The molecule has 0 aromatic heterocycles. The molecule has 100 valence electrons. The quantitative estimate of drug-likeness (QED) is 0.677. The Balaban J connectivity index is 2.17. The first-order chi connectivity index (χ1) is 9.11. The van der Waals surface area contributed by atoms with Crippen LogP contribution in [0.5, 0.6) is 5.75 Å². The van der Waals surface area contributed by atoms with Gasteiger partial charge in [0.25, 0.3) is 0 Å². The topological polar surface area (TPSA) is 35.2 Å². The SMILES string of the molecule is COc1cccc(CSc2cc(C)ccc2N)c1F. The highest BCUT2D eigenvalue weighted by Crippen LogP contribution is 2.31. The summed E-state index contributed by atoms with van der Waals surface area (Å²) in [5, 5.41) is 0.